The van der Waals surface area contributed by atoms with E-state index in [-0.39, 0.29) is 18.1 Å². The molecular weight excluding hydrogens is 293 g/mol. The van der Waals surface area contributed by atoms with Crippen molar-refractivity contribution in [3.63, 3.8) is 0 Å². The van der Waals surface area contributed by atoms with E-state index in [4.69, 9.17) is 21.1 Å². The maximum Gasteiger partial charge on any atom is 0.418 e. The monoisotopic (exact) mass is 308 g/mol. The van der Waals surface area contributed by atoms with Gasteiger partial charge in [-0.05, 0) is 17.7 Å². The smallest absolute Gasteiger partial charge is 0.418 e. The molecule has 1 unspecified atom stereocenters. The van der Waals surface area contributed by atoms with Gasteiger partial charge in [0.1, 0.15) is 5.75 Å². The van der Waals surface area contributed by atoms with Crippen LogP contribution in [-0.2, 0) is 10.2 Å². The van der Waals surface area contributed by atoms with Gasteiger partial charge in [0.15, 0.2) is 5.60 Å². The minimum atomic E-state index is -4.43. The van der Waals surface area contributed by atoms with Crippen molar-refractivity contribution in [1.29, 1.82) is 0 Å². The number of benzene rings is 1. The molecule has 0 aliphatic carbocycles. The van der Waals surface area contributed by atoms with Gasteiger partial charge in [-0.1, -0.05) is 31.5 Å². The van der Waals surface area contributed by atoms with Crippen LogP contribution in [0.3, 0.4) is 0 Å². The Balaban J connectivity index is 2.46. The normalized spacial score (nSPS) is 23.4. The van der Waals surface area contributed by atoms with Crippen LogP contribution in [0.25, 0.3) is 0 Å². The SMILES string of the molecule is COc1ccc(C(C)(C)C2(C(F)(F)F)CCO2)cc1Cl. The topological polar surface area (TPSA) is 18.5 Å². The molecule has 0 amide bonds. The fourth-order valence-electron chi connectivity index (χ4n) is 2.67. The molecule has 0 N–H and O–H groups in total. The van der Waals surface area contributed by atoms with Crippen molar-refractivity contribution in [2.24, 2.45) is 0 Å². The molecule has 1 heterocycles. The van der Waals surface area contributed by atoms with E-state index in [0.717, 1.165) is 0 Å². The van der Waals surface area contributed by atoms with Crippen LogP contribution in [0, 0.1) is 0 Å². The van der Waals surface area contributed by atoms with Crippen LogP contribution in [0.5, 0.6) is 5.75 Å². The molecular formula is C14H16ClF3O2. The largest absolute Gasteiger partial charge is 0.495 e. The second-order valence-corrected chi connectivity index (χ2v) is 5.80. The summed E-state index contributed by atoms with van der Waals surface area (Å²) in [7, 11) is 1.46. The molecule has 1 aliphatic rings. The Morgan fingerprint density at radius 3 is 2.25 bits per heavy atom. The van der Waals surface area contributed by atoms with Crippen LogP contribution in [0.1, 0.15) is 25.8 Å². The second kappa shape index (κ2) is 4.81. The van der Waals surface area contributed by atoms with Crippen molar-refractivity contribution >= 4 is 11.6 Å². The van der Waals surface area contributed by atoms with Gasteiger partial charge in [0, 0.05) is 11.8 Å². The molecule has 1 atom stereocenters. The van der Waals surface area contributed by atoms with Gasteiger partial charge in [-0.2, -0.15) is 13.2 Å². The Kier molecular flexibility index (Phi) is 3.71. The van der Waals surface area contributed by atoms with Gasteiger partial charge in [0.25, 0.3) is 0 Å². The molecule has 2 nitrogen and oxygen atoms in total. The minimum Gasteiger partial charge on any atom is -0.495 e. The number of alkyl halides is 3. The lowest BCUT2D eigenvalue weighted by atomic mass is 9.66. The summed E-state index contributed by atoms with van der Waals surface area (Å²) >= 11 is 6.01. The third-order valence-electron chi connectivity index (χ3n) is 4.14. The highest BCUT2D eigenvalue weighted by Gasteiger charge is 2.68. The molecule has 0 saturated carbocycles. The predicted octanol–water partition coefficient (Wildman–Crippen LogP) is 4.35. The van der Waals surface area contributed by atoms with Crippen LogP contribution >= 0.6 is 11.6 Å². The Morgan fingerprint density at radius 1 is 1.30 bits per heavy atom. The first-order valence-electron chi connectivity index (χ1n) is 6.20. The Morgan fingerprint density at radius 2 is 1.90 bits per heavy atom. The molecule has 1 aromatic carbocycles. The van der Waals surface area contributed by atoms with Crippen molar-refractivity contribution < 1.29 is 22.6 Å². The minimum absolute atomic E-state index is 0.0485. The second-order valence-electron chi connectivity index (χ2n) is 5.40. The molecule has 0 radical (unpaired) electrons. The summed E-state index contributed by atoms with van der Waals surface area (Å²) in [6.07, 6.45) is -4.48. The van der Waals surface area contributed by atoms with Gasteiger partial charge in [-0.15, -0.1) is 0 Å². The van der Waals surface area contributed by atoms with Crippen LogP contribution in [0.2, 0.25) is 5.02 Å². The maximum atomic E-state index is 13.4. The van der Waals surface area contributed by atoms with Crippen molar-refractivity contribution in [1.82, 2.24) is 0 Å². The summed E-state index contributed by atoms with van der Waals surface area (Å²) in [6.45, 7) is 3.17. The highest BCUT2D eigenvalue weighted by molar-refractivity contribution is 6.32. The Hall–Kier alpha value is -0.940. The Bertz CT molecular complexity index is 508. The number of ether oxygens (including phenoxy) is 2. The number of methoxy groups -OCH3 is 1. The average molecular weight is 309 g/mol. The first kappa shape index (κ1) is 15.4. The Labute approximate surface area is 120 Å². The van der Waals surface area contributed by atoms with Gasteiger partial charge in [-0.25, -0.2) is 0 Å². The molecule has 112 valence electrons. The quantitative estimate of drug-likeness (QED) is 0.826. The van der Waals surface area contributed by atoms with Crippen LogP contribution < -0.4 is 4.74 Å². The molecule has 6 heteroatoms. The maximum absolute atomic E-state index is 13.4. The van der Waals surface area contributed by atoms with Gasteiger partial charge in [-0.3, -0.25) is 0 Å². The number of hydrogen-bond donors (Lipinski definition) is 0. The van der Waals surface area contributed by atoms with E-state index >= 15 is 0 Å². The molecule has 1 saturated heterocycles. The van der Waals surface area contributed by atoms with Crippen molar-refractivity contribution in [3.8, 4) is 5.75 Å². The van der Waals surface area contributed by atoms with Crippen molar-refractivity contribution in [3.05, 3.63) is 28.8 Å². The van der Waals surface area contributed by atoms with Gasteiger partial charge in [0.05, 0.1) is 18.7 Å². The summed E-state index contributed by atoms with van der Waals surface area (Å²) in [5.41, 5.74) is -2.92. The lowest BCUT2D eigenvalue weighted by molar-refractivity contribution is -0.347. The molecule has 1 aliphatic heterocycles. The summed E-state index contributed by atoms with van der Waals surface area (Å²) in [5, 5.41) is 0.287. The zero-order valence-electron chi connectivity index (χ0n) is 11.5. The van der Waals surface area contributed by atoms with Crippen LogP contribution in [0.15, 0.2) is 18.2 Å². The van der Waals surface area contributed by atoms with Crippen LogP contribution in [0.4, 0.5) is 13.2 Å². The highest BCUT2D eigenvalue weighted by atomic mass is 35.5. The van der Waals surface area contributed by atoms with Crippen LogP contribution in [-0.4, -0.2) is 25.5 Å². The molecule has 0 aromatic heterocycles. The first-order chi connectivity index (χ1) is 9.15. The summed E-state index contributed by atoms with van der Waals surface area (Å²) < 4.78 is 50.2. The third kappa shape index (κ3) is 2.07. The van der Waals surface area contributed by atoms with Crippen molar-refractivity contribution in [2.45, 2.75) is 37.5 Å². The molecule has 0 bridgehead atoms. The highest BCUT2D eigenvalue weighted by Crippen LogP contribution is 2.54. The average Bonchev–Trinajstić information content (AvgIpc) is 2.24. The number of halogens is 4. The third-order valence-corrected chi connectivity index (χ3v) is 4.44. The van der Waals surface area contributed by atoms with Gasteiger partial charge >= 0.3 is 6.18 Å². The van der Waals surface area contributed by atoms with E-state index in [1.165, 1.54) is 27.0 Å². The number of hydrogen-bond acceptors (Lipinski definition) is 2. The summed E-state index contributed by atoms with van der Waals surface area (Å²) in [4.78, 5) is 0. The fraction of sp³-hybridized carbons (Fsp3) is 0.571. The van der Waals surface area contributed by atoms with E-state index in [9.17, 15) is 13.2 Å². The summed E-state index contributed by atoms with van der Waals surface area (Å²) in [5.74, 6) is 0.432. The molecule has 1 fully saturated rings. The van der Waals surface area contributed by atoms with Gasteiger partial charge in [0.2, 0.25) is 0 Å². The zero-order chi connectivity index (χ0) is 15.2. The lowest BCUT2D eigenvalue weighted by Gasteiger charge is -2.53. The summed E-state index contributed by atoms with van der Waals surface area (Å²) in [6, 6.07) is 4.68. The molecule has 1 aromatic rings. The zero-order valence-corrected chi connectivity index (χ0v) is 12.2. The van der Waals surface area contributed by atoms with E-state index in [2.05, 4.69) is 0 Å². The van der Waals surface area contributed by atoms with Crippen molar-refractivity contribution in [2.75, 3.05) is 13.7 Å². The van der Waals surface area contributed by atoms with E-state index < -0.39 is 17.2 Å². The lowest BCUT2D eigenvalue weighted by Crippen LogP contribution is -2.66. The molecule has 20 heavy (non-hydrogen) atoms. The number of rotatable bonds is 3. The molecule has 0 spiro atoms. The standard InChI is InChI=1S/C14H16ClF3O2/c1-12(2,13(6-7-20-13)14(16,17)18)9-4-5-11(19-3)10(15)8-9/h4-5,8H,6-7H2,1-3H3. The van der Waals surface area contributed by atoms with E-state index in [1.54, 1.807) is 12.1 Å². The first-order valence-corrected chi connectivity index (χ1v) is 6.58. The van der Waals surface area contributed by atoms with E-state index in [0.29, 0.717) is 11.3 Å². The molecule has 2 rings (SSSR count). The van der Waals surface area contributed by atoms with E-state index in [1.807, 2.05) is 0 Å². The fourth-order valence-corrected chi connectivity index (χ4v) is 2.92. The van der Waals surface area contributed by atoms with Gasteiger partial charge < -0.3 is 9.47 Å². The predicted molar refractivity (Wildman–Crippen MR) is 70.4 cm³/mol.